The van der Waals surface area contributed by atoms with Crippen molar-refractivity contribution in [3.63, 3.8) is 0 Å². The maximum atomic E-state index is 16.9. The number of rotatable bonds is 13. The monoisotopic (exact) mass is 1120 g/mol. The fourth-order valence-corrected chi connectivity index (χ4v) is 25.9. The van der Waals surface area contributed by atoms with E-state index in [0.29, 0.717) is 0 Å². The lowest BCUT2D eigenvalue weighted by Gasteiger charge is -2.35. The van der Waals surface area contributed by atoms with Crippen LogP contribution in [0.15, 0.2) is 346 Å². The highest BCUT2D eigenvalue weighted by Gasteiger charge is 2.44. The van der Waals surface area contributed by atoms with Gasteiger partial charge in [-0.2, -0.15) is 0 Å². The minimum Gasteiger partial charge on any atom is -0.309 e. The molecule has 0 saturated heterocycles. The number of para-hydroxylation sites is 4. The molecule has 0 N–H and O–H groups in total. The number of aromatic nitrogens is 2. The van der Waals surface area contributed by atoms with E-state index >= 15 is 4.57 Å². The van der Waals surface area contributed by atoms with Crippen LogP contribution in [0.3, 0.4) is 0 Å². The Kier molecular flexibility index (Phi) is 12.8. The molecule has 15 aromatic rings. The topological polar surface area (TPSA) is 26.9 Å². The standard InChI is InChI=1S/C78H57N2OPSi2/c81-82(60-24-6-1-7-25-60,61-46-54-69(55-47-61)83(63-26-8-2-9-27-63,64-28-10-3-11-29-64)67-50-42-58(43-51-67)79-75-38-20-16-34-71(75)72-35-17-21-39-76(72)79)62-48-56-70(57-49-62)84(65-30-12-4-13-31-65,66-32-14-5-15-33-66)68-52-44-59(45-53-68)80-77-40-22-18-36-73(77)74-37-19-23-41-78(74)80/h1-57H. The Labute approximate surface area is 492 Å². The highest BCUT2D eigenvalue weighted by molar-refractivity contribution is 7.85. The fraction of sp³-hybridized carbons (Fsp3) is 0. The smallest absolute Gasteiger partial charge is 0.179 e. The summed E-state index contributed by atoms with van der Waals surface area (Å²) in [6.07, 6.45) is 0. The fourth-order valence-electron chi connectivity index (χ4n) is 13.8. The number of fused-ring (bicyclic) bond motifs is 6. The third kappa shape index (κ3) is 8.11. The first-order chi connectivity index (χ1) is 41.6. The number of benzene rings is 13. The Balaban J connectivity index is 0.869. The molecule has 0 aliphatic carbocycles. The van der Waals surface area contributed by atoms with Crippen molar-refractivity contribution in [2.45, 2.75) is 0 Å². The van der Waals surface area contributed by atoms with Crippen LogP contribution >= 0.6 is 7.14 Å². The Morgan fingerprint density at radius 1 is 0.202 bits per heavy atom. The molecule has 3 nitrogen and oxygen atoms in total. The van der Waals surface area contributed by atoms with Crippen LogP contribution in [-0.4, -0.2) is 25.3 Å². The molecule has 0 fully saturated rings. The van der Waals surface area contributed by atoms with Crippen LogP contribution in [0.4, 0.5) is 0 Å². The first kappa shape index (κ1) is 51.0. The first-order valence-corrected chi connectivity index (χ1v) is 34.6. The lowest BCUT2D eigenvalue weighted by atomic mass is 10.2. The number of nitrogens with zero attached hydrogens (tertiary/aromatic N) is 2. The Morgan fingerprint density at radius 2 is 0.405 bits per heavy atom. The van der Waals surface area contributed by atoms with Gasteiger partial charge in [-0.1, -0.05) is 297 Å². The van der Waals surface area contributed by atoms with Gasteiger partial charge in [-0.25, -0.2) is 0 Å². The van der Waals surface area contributed by atoms with Gasteiger partial charge >= 0.3 is 0 Å². The minimum absolute atomic E-state index is 0.797. The first-order valence-electron chi connectivity index (χ1n) is 28.8. The second-order valence-corrected chi connectivity index (χ2v) is 32.2. The molecule has 2 aromatic heterocycles. The summed E-state index contributed by atoms with van der Waals surface area (Å²) >= 11 is 0. The van der Waals surface area contributed by atoms with E-state index in [1.807, 2.05) is 30.3 Å². The van der Waals surface area contributed by atoms with E-state index in [0.717, 1.165) is 27.3 Å². The molecule has 6 heteroatoms. The zero-order chi connectivity index (χ0) is 56.1. The van der Waals surface area contributed by atoms with Gasteiger partial charge in [-0.15, -0.1) is 0 Å². The van der Waals surface area contributed by atoms with Crippen molar-refractivity contribution in [3.8, 4) is 11.4 Å². The van der Waals surface area contributed by atoms with E-state index in [1.54, 1.807) is 0 Å². The van der Waals surface area contributed by atoms with Crippen molar-refractivity contribution in [3.05, 3.63) is 346 Å². The summed E-state index contributed by atoms with van der Waals surface area (Å²) in [5.74, 6) is 0. The SMILES string of the molecule is O=P(c1ccccc1)(c1ccc([Si](c2ccccc2)(c2ccccc2)c2ccc(-n3c4ccccc4c4ccccc43)cc2)cc1)c1ccc([Si](c2ccccc2)(c2ccccc2)c2ccc(-n3c4ccccc4c4ccccc43)cc2)cc1. The van der Waals surface area contributed by atoms with Crippen molar-refractivity contribution < 1.29 is 4.57 Å². The highest BCUT2D eigenvalue weighted by Crippen LogP contribution is 2.42. The summed E-state index contributed by atoms with van der Waals surface area (Å²) < 4.78 is 21.6. The van der Waals surface area contributed by atoms with E-state index in [4.69, 9.17) is 0 Å². The van der Waals surface area contributed by atoms with Gasteiger partial charge in [0.05, 0.1) is 22.1 Å². The summed E-state index contributed by atoms with van der Waals surface area (Å²) in [6, 6.07) is 126. The molecule has 0 unspecified atom stereocenters. The minimum atomic E-state index is -3.48. The molecule has 0 saturated carbocycles. The van der Waals surface area contributed by atoms with Gasteiger partial charge in [-0.05, 0) is 90.0 Å². The summed E-state index contributed by atoms with van der Waals surface area (Å²) in [5, 5.41) is 17.4. The van der Waals surface area contributed by atoms with Crippen molar-refractivity contribution >= 4 is 124 Å². The predicted molar refractivity (Wildman–Crippen MR) is 362 cm³/mol. The molecule has 0 amide bonds. The molecule has 13 aromatic carbocycles. The molecule has 84 heavy (non-hydrogen) atoms. The average Bonchev–Trinajstić information content (AvgIpc) is 3.48. The van der Waals surface area contributed by atoms with E-state index in [-0.39, 0.29) is 0 Å². The maximum absolute atomic E-state index is 16.9. The second-order valence-electron chi connectivity index (χ2n) is 21.8. The van der Waals surface area contributed by atoms with E-state index in [9.17, 15) is 0 Å². The van der Waals surface area contributed by atoms with Gasteiger partial charge in [0.1, 0.15) is 0 Å². The molecule has 398 valence electrons. The normalized spacial score (nSPS) is 12.1. The molecule has 0 bridgehead atoms. The van der Waals surface area contributed by atoms with Crippen LogP contribution in [0.1, 0.15) is 0 Å². The molecule has 2 heterocycles. The molecule has 0 atom stereocenters. The van der Waals surface area contributed by atoms with Crippen molar-refractivity contribution in [2.75, 3.05) is 0 Å². The Hall–Kier alpha value is -9.88. The molecule has 0 aliphatic rings. The van der Waals surface area contributed by atoms with Gasteiger partial charge in [0.25, 0.3) is 0 Å². The Bertz CT molecular complexity index is 4400. The van der Waals surface area contributed by atoms with Gasteiger partial charge in [0.2, 0.25) is 0 Å². The largest absolute Gasteiger partial charge is 0.309 e. The third-order valence-corrected chi connectivity index (χ3v) is 30.2. The van der Waals surface area contributed by atoms with Crippen LogP contribution in [0, 0.1) is 0 Å². The van der Waals surface area contributed by atoms with Crippen molar-refractivity contribution in [2.24, 2.45) is 0 Å². The van der Waals surface area contributed by atoms with Gasteiger partial charge in [-0.3, -0.25) is 0 Å². The van der Waals surface area contributed by atoms with Crippen molar-refractivity contribution in [1.82, 2.24) is 9.13 Å². The van der Waals surface area contributed by atoms with Crippen LogP contribution in [-0.2, 0) is 4.57 Å². The molecule has 0 radical (unpaired) electrons. The van der Waals surface area contributed by atoms with Gasteiger partial charge in [0.15, 0.2) is 23.3 Å². The van der Waals surface area contributed by atoms with Crippen molar-refractivity contribution in [1.29, 1.82) is 0 Å². The zero-order valence-electron chi connectivity index (χ0n) is 46.2. The van der Waals surface area contributed by atoms with Gasteiger partial charge < -0.3 is 13.7 Å². The van der Waals surface area contributed by atoms with Gasteiger partial charge in [0, 0.05) is 48.8 Å². The molecule has 0 aliphatic heterocycles. The third-order valence-electron chi connectivity index (χ3n) is 17.6. The summed E-state index contributed by atoms with van der Waals surface area (Å²) in [7, 11) is -9.52. The van der Waals surface area contributed by atoms with E-state index < -0.39 is 23.3 Å². The average molecular weight is 1130 g/mol. The number of hydrogen-bond donors (Lipinski definition) is 0. The zero-order valence-corrected chi connectivity index (χ0v) is 49.1. The number of hydrogen-bond acceptors (Lipinski definition) is 1. The highest BCUT2D eigenvalue weighted by atomic mass is 31.2. The summed E-state index contributed by atoms with van der Waals surface area (Å²) in [5.41, 5.74) is 6.97. The van der Waals surface area contributed by atoms with Crippen LogP contribution in [0.2, 0.25) is 0 Å². The summed E-state index contributed by atoms with van der Waals surface area (Å²) in [4.78, 5) is 0. The van der Waals surface area contributed by atoms with E-state index in [1.165, 1.54) is 85.1 Å². The lowest BCUT2D eigenvalue weighted by Crippen LogP contribution is -2.74. The molecule has 15 rings (SSSR count). The van der Waals surface area contributed by atoms with Crippen LogP contribution in [0.25, 0.3) is 55.0 Å². The van der Waals surface area contributed by atoms with E-state index in [2.05, 4.69) is 325 Å². The lowest BCUT2D eigenvalue weighted by molar-refractivity contribution is 0.592. The quantitative estimate of drug-likeness (QED) is 0.0642. The Morgan fingerprint density at radius 3 is 0.679 bits per heavy atom. The molecular weight excluding hydrogens is 1070 g/mol. The molecule has 0 spiro atoms. The predicted octanol–water partition coefficient (Wildman–Crippen LogP) is 12.3. The second kappa shape index (κ2) is 21.1. The summed E-state index contributed by atoms with van der Waals surface area (Å²) in [6.45, 7) is 0. The van der Waals surface area contributed by atoms with Crippen LogP contribution < -0.4 is 57.4 Å². The molecular formula is C78H57N2OPSi2. The van der Waals surface area contributed by atoms with Crippen LogP contribution in [0.5, 0.6) is 0 Å². The maximum Gasteiger partial charge on any atom is 0.179 e.